The van der Waals surface area contributed by atoms with Gasteiger partial charge in [0.1, 0.15) is 11.5 Å². The lowest BCUT2D eigenvalue weighted by Gasteiger charge is -2.29. The van der Waals surface area contributed by atoms with Crippen molar-refractivity contribution < 1.29 is 4.74 Å². The number of fused-ring (bicyclic) bond motifs is 1. The van der Waals surface area contributed by atoms with Crippen molar-refractivity contribution >= 4 is 11.4 Å². The van der Waals surface area contributed by atoms with Gasteiger partial charge in [0.15, 0.2) is 0 Å². The Labute approximate surface area is 103 Å². The van der Waals surface area contributed by atoms with Crippen LogP contribution in [-0.4, -0.2) is 24.2 Å². The van der Waals surface area contributed by atoms with Gasteiger partial charge >= 0.3 is 0 Å². The second-order valence-electron chi connectivity index (χ2n) is 5.10. The van der Waals surface area contributed by atoms with Gasteiger partial charge < -0.3 is 9.64 Å². The monoisotopic (exact) mass is 232 g/mol. The molecule has 17 heavy (non-hydrogen) atoms. The van der Waals surface area contributed by atoms with E-state index in [0.29, 0.717) is 12.4 Å². The smallest absolute Gasteiger partial charge is 0.137 e. The van der Waals surface area contributed by atoms with Crippen LogP contribution in [0.5, 0.6) is 0 Å². The number of ether oxygens (including phenoxy) is 1. The predicted octanol–water partition coefficient (Wildman–Crippen LogP) is 2.86. The maximum absolute atomic E-state index is 5.40. The van der Waals surface area contributed by atoms with Gasteiger partial charge in [-0.1, -0.05) is 6.58 Å². The van der Waals surface area contributed by atoms with E-state index in [4.69, 9.17) is 4.74 Å². The van der Waals surface area contributed by atoms with Crippen molar-refractivity contribution in [3.8, 4) is 0 Å². The average Bonchev–Trinajstić information content (AvgIpc) is 2.49. The van der Waals surface area contributed by atoms with Gasteiger partial charge in [-0.05, 0) is 38.8 Å². The lowest BCUT2D eigenvalue weighted by Crippen LogP contribution is -2.37. The molecule has 0 spiro atoms. The standard InChI is InChI=1S/C14H20N2O/c1-6-17-10(2)12-7-11-8-14(3,4)16(5)13(11)9-15-12/h7,9H,2,6,8H2,1,3-5H3. The summed E-state index contributed by atoms with van der Waals surface area (Å²) in [4.78, 5) is 6.70. The first-order valence-corrected chi connectivity index (χ1v) is 6.00. The van der Waals surface area contributed by atoms with Gasteiger partial charge in [-0.3, -0.25) is 4.98 Å². The van der Waals surface area contributed by atoms with Crippen molar-refractivity contribution in [3.63, 3.8) is 0 Å². The van der Waals surface area contributed by atoms with Gasteiger partial charge in [-0.15, -0.1) is 0 Å². The second-order valence-corrected chi connectivity index (χ2v) is 5.10. The lowest BCUT2D eigenvalue weighted by molar-refractivity contribution is 0.298. The second kappa shape index (κ2) is 4.06. The summed E-state index contributed by atoms with van der Waals surface area (Å²) in [6, 6.07) is 2.10. The maximum atomic E-state index is 5.40. The van der Waals surface area contributed by atoms with E-state index in [1.807, 2.05) is 13.1 Å². The van der Waals surface area contributed by atoms with E-state index in [1.165, 1.54) is 11.3 Å². The zero-order valence-corrected chi connectivity index (χ0v) is 11.1. The molecule has 0 fully saturated rings. The normalized spacial score (nSPS) is 16.8. The van der Waals surface area contributed by atoms with Crippen LogP contribution in [0.15, 0.2) is 18.8 Å². The molecule has 1 aromatic rings. The minimum Gasteiger partial charge on any atom is -0.492 e. The highest BCUT2D eigenvalue weighted by Crippen LogP contribution is 2.37. The lowest BCUT2D eigenvalue weighted by atomic mass is 9.99. The molecule has 3 heteroatoms. The topological polar surface area (TPSA) is 25.4 Å². The van der Waals surface area contributed by atoms with Crippen molar-refractivity contribution in [3.05, 3.63) is 30.1 Å². The van der Waals surface area contributed by atoms with Crippen molar-refractivity contribution in [2.24, 2.45) is 0 Å². The molecule has 0 saturated carbocycles. The Kier molecular flexibility index (Phi) is 2.86. The highest BCUT2D eigenvalue weighted by molar-refractivity contribution is 5.64. The van der Waals surface area contributed by atoms with Crippen LogP contribution < -0.4 is 4.90 Å². The van der Waals surface area contributed by atoms with Crippen LogP contribution in [0.3, 0.4) is 0 Å². The van der Waals surface area contributed by atoms with E-state index in [1.54, 1.807) is 0 Å². The first-order valence-electron chi connectivity index (χ1n) is 6.00. The third-order valence-corrected chi connectivity index (χ3v) is 3.46. The molecule has 0 aromatic carbocycles. The molecule has 0 saturated heterocycles. The summed E-state index contributed by atoms with van der Waals surface area (Å²) >= 11 is 0. The fraction of sp³-hybridized carbons (Fsp3) is 0.500. The maximum Gasteiger partial charge on any atom is 0.137 e. The Morgan fingerprint density at radius 2 is 2.29 bits per heavy atom. The van der Waals surface area contributed by atoms with Crippen molar-refractivity contribution in [1.29, 1.82) is 0 Å². The minimum atomic E-state index is 0.162. The fourth-order valence-electron chi connectivity index (χ4n) is 2.24. The molecule has 0 radical (unpaired) electrons. The molecular formula is C14H20N2O. The number of likely N-dealkylation sites (N-methyl/N-ethyl adjacent to an activating group) is 1. The summed E-state index contributed by atoms with van der Waals surface area (Å²) in [5.74, 6) is 0.655. The summed E-state index contributed by atoms with van der Waals surface area (Å²) in [7, 11) is 2.12. The summed E-state index contributed by atoms with van der Waals surface area (Å²) in [5, 5.41) is 0. The molecule has 0 aliphatic carbocycles. The Bertz CT molecular complexity index is 452. The van der Waals surface area contributed by atoms with Gasteiger partial charge in [0.25, 0.3) is 0 Å². The van der Waals surface area contributed by atoms with Crippen molar-refractivity contribution in [2.75, 3.05) is 18.6 Å². The van der Waals surface area contributed by atoms with Crippen LogP contribution in [0.4, 0.5) is 5.69 Å². The van der Waals surface area contributed by atoms with Gasteiger partial charge in [0.2, 0.25) is 0 Å². The first kappa shape index (κ1) is 12.0. The molecule has 3 nitrogen and oxygen atoms in total. The summed E-state index contributed by atoms with van der Waals surface area (Å²) in [6.45, 7) is 11.0. The van der Waals surface area contributed by atoms with E-state index in [9.17, 15) is 0 Å². The van der Waals surface area contributed by atoms with E-state index in [-0.39, 0.29) is 5.54 Å². The summed E-state index contributed by atoms with van der Waals surface area (Å²) in [5.41, 5.74) is 3.54. The highest BCUT2D eigenvalue weighted by Gasteiger charge is 2.33. The van der Waals surface area contributed by atoms with Gasteiger partial charge in [0, 0.05) is 12.6 Å². The first-order chi connectivity index (χ1) is 7.95. The molecule has 0 atom stereocenters. The quantitative estimate of drug-likeness (QED) is 0.749. The van der Waals surface area contributed by atoms with Crippen molar-refractivity contribution in [2.45, 2.75) is 32.7 Å². The SMILES string of the molecule is C=C(OCC)c1cc2c(cn1)N(C)C(C)(C)C2. The van der Waals surface area contributed by atoms with E-state index >= 15 is 0 Å². The zero-order valence-electron chi connectivity index (χ0n) is 11.1. The predicted molar refractivity (Wildman–Crippen MR) is 71.1 cm³/mol. The Hall–Kier alpha value is -1.51. The molecule has 2 rings (SSSR count). The minimum absolute atomic E-state index is 0.162. The summed E-state index contributed by atoms with van der Waals surface area (Å²) < 4.78 is 5.40. The molecule has 0 amide bonds. The zero-order chi connectivity index (χ0) is 12.6. The molecule has 0 unspecified atom stereocenters. The molecular weight excluding hydrogens is 212 g/mol. The van der Waals surface area contributed by atoms with Crippen molar-refractivity contribution in [1.82, 2.24) is 4.98 Å². The Morgan fingerprint density at radius 1 is 1.59 bits per heavy atom. The molecule has 2 heterocycles. The third-order valence-electron chi connectivity index (χ3n) is 3.46. The molecule has 1 aromatic heterocycles. The van der Waals surface area contributed by atoms with Crippen LogP contribution in [-0.2, 0) is 11.2 Å². The van der Waals surface area contributed by atoms with E-state index in [2.05, 4.69) is 43.4 Å². The van der Waals surface area contributed by atoms with Crippen LogP contribution in [0.25, 0.3) is 5.76 Å². The van der Waals surface area contributed by atoms with Crippen LogP contribution in [0.1, 0.15) is 32.0 Å². The number of hydrogen-bond donors (Lipinski definition) is 0. The van der Waals surface area contributed by atoms with E-state index < -0.39 is 0 Å². The van der Waals surface area contributed by atoms with Gasteiger partial charge in [0.05, 0.1) is 18.5 Å². The highest BCUT2D eigenvalue weighted by atomic mass is 16.5. The Morgan fingerprint density at radius 3 is 2.94 bits per heavy atom. The average molecular weight is 232 g/mol. The van der Waals surface area contributed by atoms with E-state index in [0.717, 1.165) is 12.1 Å². The van der Waals surface area contributed by atoms with Crippen LogP contribution >= 0.6 is 0 Å². The van der Waals surface area contributed by atoms with Gasteiger partial charge in [-0.25, -0.2) is 0 Å². The summed E-state index contributed by atoms with van der Waals surface area (Å²) in [6.07, 6.45) is 2.96. The molecule has 0 bridgehead atoms. The molecule has 1 aliphatic heterocycles. The number of aromatic nitrogens is 1. The van der Waals surface area contributed by atoms with Crippen LogP contribution in [0, 0.1) is 0 Å². The Balaban J connectivity index is 2.32. The largest absolute Gasteiger partial charge is 0.492 e. The number of rotatable bonds is 3. The molecule has 92 valence electrons. The number of anilines is 1. The number of nitrogens with zero attached hydrogens (tertiary/aromatic N) is 2. The fourth-order valence-corrected chi connectivity index (χ4v) is 2.24. The number of pyridine rings is 1. The molecule has 0 N–H and O–H groups in total. The van der Waals surface area contributed by atoms with Crippen LogP contribution in [0.2, 0.25) is 0 Å². The number of hydrogen-bond acceptors (Lipinski definition) is 3. The third kappa shape index (κ3) is 2.02. The van der Waals surface area contributed by atoms with Gasteiger partial charge in [-0.2, -0.15) is 0 Å². The molecule has 1 aliphatic rings.